The van der Waals surface area contributed by atoms with E-state index in [0.29, 0.717) is 0 Å². The van der Waals surface area contributed by atoms with Crippen LogP contribution in [0.25, 0.3) is 0 Å². The van der Waals surface area contributed by atoms with Crippen molar-refractivity contribution >= 4 is 12.4 Å². The lowest BCUT2D eigenvalue weighted by Gasteiger charge is -2.32. The zero-order chi connectivity index (χ0) is 10.6. The third-order valence-electron chi connectivity index (χ3n) is 2.46. The van der Waals surface area contributed by atoms with Gasteiger partial charge in [0, 0.05) is 11.8 Å². The summed E-state index contributed by atoms with van der Waals surface area (Å²) in [6.07, 6.45) is 0.0338. The lowest BCUT2D eigenvalue weighted by atomic mass is 9.83. The van der Waals surface area contributed by atoms with Crippen LogP contribution in [-0.4, -0.2) is 18.0 Å². The summed E-state index contributed by atoms with van der Waals surface area (Å²) in [7, 11) is 0. The average molecular weight is 187 g/mol. The van der Waals surface area contributed by atoms with Crippen molar-refractivity contribution in [1.82, 2.24) is 0 Å². The molecule has 13 heavy (non-hydrogen) atoms. The maximum Gasteiger partial charge on any atom is 0.405 e. The van der Waals surface area contributed by atoms with Gasteiger partial charge in [0.15, 0.2) is 0 Å². The van der Waals surface area contributed by atoms with E-state index in [-0.39, 0.29) is 11.8 Å². The molecule has 0 radical (unpaired) electrons. The fraction of sp³-hybridized carbons (Fsp3) is 0.778. The van der Waals surface area contributed by atoms with E-state index >= 15 is 0 Å². The Morgan fingerprint density at radius 1 is 1.46 bits per heavy atom. The van der Waals surface area contributed by atoms with E-state index in [2.05, 4.69) is 0 Å². The van der Waals surface area contributed by atoms with Gasteiger partial charge in [0.2, 0.25) is 0 Å². The highest BCUT2D eigenvalue weighted by Gasteiger charge is 2.32. The lowest BCUT2D eigenvalue weighted by Crippen LogP contribution is -2.40. The maximum absolute atomic E-state index is 10.5. The minimum Gasteiger partial charge on any atom is -0.443 e. The van der Waals surface area contributed by atoms with Crippen molar-refractivity contribution in [2.75, 3.05) is 0 Å². The third-order valence-corrected chi connectivity index (χ3v) is 2.46. The highest BCUT2D eigenvalue weighted by Crippen LogP contribution is 2.26. The van der Waals surface area contributed by atoms with Crippen LogP contribution in [0.1, 0.15) is 27.7 Å². The van der Waals surface area contributed by atoms with Crippen LogP contribution in [0, 0.1) is 11.8 Å². The molecule has 0 bridgehead atoms. The summed E-state index contributed by atoms with van der Waals surface area (Å²) in [6.45, 7) is 7.11. The average Bonchev–Trinajstić information content (AvgIpc) is 1.99. The number of primary amides is 1. The summed E-state index contributed by atoms with van der Waals surface area (Å²) in [5.74, 6) is -0.216. The fourth-order valence-electron chi connectivity index (χ4n) is 1.10. The van der Waals surface area contributed by atoms with Crippen LogP contribution in [0.15, 0.2) is 0 Å². The Balaban J connectivity index is 4.42. The molecule has 0 rings (SSSR count). The molecule has 0 aromatic rings. The molecule has 0 aliphatic rings. The fourth-order valence-corrected chi connectivity index (χ4v) is 1.10. The second kappa shape index (κ2) is 4.25. The van der Waals surface area contributed by atoms with Gasteiger partial charge in [0.1, 0.15) is 11.9 Å². The SMILES string of the molecule is CC([C@H](C)C=O)C(C)(C)OC(N)=O. The van der Waals surface area contributed by atoms with Crippen LogP contribution in [0.5, 0.6) is 0 Å². The van der Waals surface area contributed by atoms with Gasteiger partial charge in [-0.05, 0) is 13.8 Å². The van der Waals surface area contributed by atoms with Gasteiger partial charge in [-0.3, -0.25) is 0 Å². The van der Waals surface area contributed by atoms with Crippen molar-refractivity contribution in [3.05, 3.63) is 0 Å². The van der Waals surface area contributed by atoms with E-state index in [1.165, 1.54) is 0 Å². The predicted octanol–water partition coefficient (Wildman–Crippen LogP) is 1.33. The van der Waals surface area contributed by atoms with Gasteiger partial charge >= 0.3 is 6.09 Å². The normalized spacial score (nSPS) is 16.0. The van der Waals surface area contributed by atoms with Crippen molar-refractivity contribution in [2.45, 2.75) is 33.3 Å². The van der Waals surface area contributed by atoms with Crippen LogP contribution < -0.4 is 5.73 Å². The van der Waals surface area contributed by atoms with Gasteiger partial charge in [-0.25, -0.2) is 4.79 Å². The van der Waals surface area contributed by atoms with Gasteiger partial charge < -0.3 is 15.3 Å². The number of ether oxygens (including phenoxy) is 1. The van der Waals surface area contributed by atoms with Crippen molar-refractivity contribution in [2.24, 2.45) is 17.6 Å². The van der Waals surface area contributed by atoms with Gasteiger partial charge in [-0.2, -0.15) is 0 Å². The van der Waals surface area contributed by atoms with E-state index in [1.54, 1.807) is 20.8 Å². The Morgan fingerprint density at radius 3 is 2.23 bits per heavy atom. The van der Waals surface area contributed by atoms with E-state index in [1.807, 2.05) is 6.92 Å². The number of aldehydes is 1. The molecule has 0 saturated carbocycles. The molecule has 0 aliphatic heterocycles. The maximum atomic E-state index is 10.5. The first-order valence-corrected chi connectivity index (χ1v) is 4.25. The first kappa shape index (κ1) is 11.9. The number of rotatable bonds is 4. The van der Waals surface area contributed by atoms with E-state index in [4.69, 9.17) is 10.5 Å². The van der Waals surface area contributed by atoms with Crippen molar-refractivity contribution in [3.8, 4) is 0 Å². The molecule has 2 N–H and O–H groups in total. The molecule has 76 valence electrons. The smallest absolute Gasteiger partial charge is 0.405 e. The van der Waals surface area contributed by atoms with Gasteiger partial charge in [0.25, 0.3) is 0 Å². The quantitative estimate of drug-likeness (QED) is 0.675. The first-order valence-electron chi connectivity index (χ1n) is 4.25. The highest BCUT2D eigenvalue weighted by molar-refractivity contribution is 5.65. The van der Waals surface area contributed by atoms with Crippen LogP contribution in [0.4, 0.5) is 4.79 Å². The Kier molecular flexibility index (Phi) is 3.91. The largest absolute Gasteiger partial charge is 0.443 e. The number of hydrogen-bond acceptors (Lipinski definition) is 3. The van der Waals surface area contributed by atoms with Gasteiger partial charge in [-0.15, -0.1) is 0 Å². The highest BCUT2D eigenvalue weighted by atomic mass is 16.6. The zero-order valence-corrected chi connectivity index (χ0v) is 8.53. The molecule has 0 saturated heterocycles. The molecule has 4 heteroatoms. The lowest BCUT2D eigenvalue weighted by molar-refractivity contribution is -0.115. The van der Waals surface area contributed by atoms with Crippen molar-refractivity contribution in [3.63, 3.8) is 0 Å². The Hall–Kier alpha value is -1.06. The second-order valence-corrected chi connectivity index (χ2v) is 3.81. The summed E-state index contributed by atoms with van der Waals surface area (Å²) in [4.78, 5) is 21.0. The molecular formula is C9H17NO3. The predicted molar refractivity (Wildman–Crippen MR) is 49.1 cm³/mol. The first-order chi connectivity index (χ1) is 5.81. The van der Waals surface area contributed by atoms with Crippen LogP contribution >= 0.6 is 0 Å². The monoisotopic (exact) mass is 187 g/mol. The number of carbonyl (C=O) groups is 2. The molecule has 1 amide bonds. The number of hydrogen-bond donors (Lipinski definition) is 1. The minimum absolute atomic E-state index is 0.0579. The van der Waals surface area contributed by atoms with Crippen molar-refractivity contribution < 1.29 is 14.3 Å². The number of amides is 1. The Bertz CT molecular complexity index is 201. The summed E-state index contributed by atoms with van der Waals surface area (Å²) in [6, 6.07) is 0. The number of carbonyl (C=O) groups excluding carboxylic acids is 2. The summed E-state index contributed by atoms with van der Waals surface area (Å²) in [5, 5.41) is 0. The summed E-state index contributed by atoms with van der Waals surface area (Å²) in [5.41, 5.74) is 4.21. The molecular weight excluding hydrogens is 170 g/mol. The van der Waals surface area contributed by atoms with Gasteiger partial charge in [0.05, 0.1) is 0 Å². The van der Waals surface area contributed by atoms with Crippen LogP contribution in [0.2, 0.25) is 0 Å². The molecule has 4 nitrogen and oxygen atoms in total. The molecule has 0 spiro atoms. The Morgan fingerprint density at radius 2 is 1.92 bits per heavy atom. The molecule has 2 atom stereocenters. The van der Waals surface area contributed by atoms with Crippen LogP contribution in [0.3, 0.4) is 0 Å². The Labute approximate surface area is 78.4 Å². The van der Waals surface area contributed by atoms with E-state index in [0.717, 1.165) is 6.29 Å². The minimum atomic E-state index is -0.810. The molecule has 0 fully saturated rings. The summed E-state index contributed by atoms with van der Waals surface area (Å²) >= 11 is 0. The molecule has 0 aromatic heterocycles. The standard InChI is InChI=1S/C9H17NO3/c1-6(5-11)7(2)9(3,4)13-8(10)12/h5-7H,1-4H3,(H2,10,12)/t6-,7?/m1/s1. The van der Waals surface area contributed by atoms with Crippen molar-refractivity contribution in [1.29, 1.82) is 0 Å². The molecule has 1 unspecified atom stereocenters. The van der Waals surface area contributed by atoms with E-state index < -0.39 is 11.7 Å². The van der Waals surface area contributed by atoms with Crippen LogP contribution in [-0.2, 0) is 9.53 Å². The van der Waals surface area contributed by atoms with E-state index in [9.17, 15) is 9.59 Å². The second-order valence-electron chi connectivity index (χ2n) is 3.81. The van der Waals surface area contributed by atoms with Gasteiger partial charge in [-0.1, -0.05) is 13.8 Å². The summed E-state index contributed by atoms with van der Waals surface area (Å²) < 4.78 is 4.90. The zero-order valence-electron chi connectivity index (χ0n) is 8.53. The molecule has 0 aliphatic carbocycles. The topological polar surface area (TPSA) is 69.4 Å². The number of nitrogens with two attached hydrogens (primary N) is 1. The molecule has 0 aromatic carbocycles. The molecule has 0 heterocycles. The third kappa shape index (κ3) is 3.44.